The molecule has 2 aliphatic rings. The first-order valence-electron chi connectivity index (χ1n) is 6.97. The first kappa shape index (κ1) is 12.5. The molecule has 0 saturated carbocycles. The number of nitrogens with zero attached hydrogens (tertiary/aromatic N) is 2. The predicted octanol–water partition coefficient (Wildman–Crippen LogP) is 3.01. The fourth-order valence-electron chi connectivity index (χ4n) is 3.45. The van der Waals surface area contributed by atoms with E-state index in [0.29, 0.717) is 6.04 Å². The van der Waals surface area contributed by atoms with Gasteiger partial charge >= 0.3 is 0 Å². The number of rotatable bonds is 2. The van der Waals surface area contributed by atoms with Crippen LogP contribution in [0.5, 0.6) is 0 Å². The lowest BCUT2D eigenvalue weighted by atomic mass is 10.0. The van der Waals surface area contributed by atoms with Crippen molar-refractivity contribution in [2.75, 3.05) is 19.6 Å². The summed E-state index contributed by atoms with van der Waals surface area (Å²) in [5, 5.41) is 0.901. The zero-order valence-electron chi connectivity index (χ0n) is 11.0. The number of fused-ring (bicyclic) bond motifs is 1. The van der Waals surface area contributed by atoms with Crippen LogP contribution < -0.4 is 0 Å². The molecule has 0 spiro atoms. The van der Waals surface area contributed by atoms with Crippen LogP contribution in [0.3, 0.4) is 0 Å². The van der Waals surface area contributed by atoms with E-state index in [-0.39, 0.29) is 0 Å². The van der Waals surface area contributed by atoms with E-state index in [4.69, 9.17) is 11.6 Å². The van der Waals surface area contributed by atoms with Crippen molar-refractivity contribution in [3.8, 4) is 0 Å². The molecule has 1 aromatic carbocycles. The van der Waals surface area contributed by atoms with Crippen molar-refractivity contribution in [1.82, 2.24) is 9.80 Å². The maximum Gasteiger partial charge on any atom is 0.0451 e. The third kappa shape index (κ3) is 2.29. The molecule has 0 bridgehead atoms. The van der Waals surface area contributed by atoms with Gasteiger partial charge in [-0.25, -0.2) is 0 Å². The SMILES string of the molecule is C[C@@H]1[C@@H]2CCCN2CCN1Cc1ccccc1Cl. The molecule has 0 radical (unpaired) electrons. The van der Waals surface area contributed by atoms with E-state index in [9.17, 15) is 0 Å². The first-order chi connectivity index (χ1) is 8.75. The molecule has 0 amide bonds. The van der Waals surface area contributed by atoms with Crippen molar-refractivity contribution < 1.29 is 0 Å². The van der Waals surface area contributed by atoms with Crippen molar-refractivity contribution in [2.24, 2.45) is 0 Å². The number of hydrogen-bond acceptors (Lipinski definition) is 2. The van der Waals surface area contributed by atoms with E-state index >= 15 is 0 Å². The van der Waals surface area contributed by atoms with Gasteiger partial charge in [0.2, 0.25) is 0 Å². The zero-order valence-corrected chi connectivity index (χ0v) is 11.7. The van der Waals surface area contributed by atoms with Crippen molar-refractivity contribution in [2.45, 2.75) is 38.4 Å². The molecule has 0 N–H and O–H groups in total. The number of piperazine rings is 1. The molecule has 98 valence electrons. The quantitative estimate of drug-likeness (QED) is 0.810. The summed E-state index contributed by atoms with van der Waals surface area (Å²) in [5.41, 5.74) is 1.26. The lowest BCUT2D eigenvalue weighted by Gasteiger charge is -2.43. The number of hydrogen-bond donors (Lipinski definition) is 0. The molecule has 2 nitrogen and oxygen atoms in total. The highest BCUT2D eigenvalue weighted by Crippen LogP contribution is 2.28. The van der Waals surface area contributed by atoms with Crippen LogP contribution in [0.15, 0.2) is 24.3 Å². The Labute approximate surface area is 115 Å². The van der Waals surface area contributed by atoms with Gasteiger partial charge in [-0.15, -0.1) is 0 Å². The maximum absolute atomic E-state index is 6.27. The van der Waals surface area contributed by atoms with E-state index in [0.717, 1.165) is 17.6 Å². The van der Waals surface area contributed by atoms with Crippen LogP contribution in [0.4, 0.5) is 0 Å². The summed E-state index contributed by atoms with van der Waals surface area (Å²) in [5.74, 6) is 0. The molecular weight excluding hydrogens is 244 g/mol. The Kier molecular flexibility index (Phi) is 3.60. The molecule has 0 unspecified atom stereocenters. The predicted molar refractivity (Wildman–Crippen MR) is 75.9 cm³/mol. The summed E-state index contributed by atoms with van der Waals surface area (Å²) in [6.45, 7) is 7.06. The Morgan fingerprint density at radius 1 is 1.22 bits per heavy atom. The van der Waals surface area contributed by atoms with Crippen LogP contribution in [0, 0.1) is 0 Å². The van der Waals surface area contributed by atoms with E-state index in [1.54, 1.807) is 0 Å². The molecule has 2 heterocycles. The van der Waals surface area contributed by atoms with E-state index in [2.05, 4.69) is 28.9 Å². The van der Waals surface area contributed by atoms with Gasteiger partial charge in [-0.2, -0.15) is 0 Å². The molecule has 0 aromatic heterocycles. The summed E-state index contributed by atoms with van der Waals surface area (Å²) in [7, 11) is 0. The molecule has 0 aliphatic carbocycles. The van der Waals surface area contributed by atoms with Gasteiger partial charge in [0.05, 0.1) is 0 Å². The van der Waals surface area contributed by atoms with Crippen LogP contribution in [-0.2, 0) is 6.54 Å². The lowest BCUT2D eigenvalue weighted by molar-refractivity contribution is 0.0470. The summed E-state index contributed by atoms with van der Waals surface area (Å²) in [4.78, 5) is 5.25. The summed E-state index contributed by atoms with van der Waals surface area (Å²) < 4.78 is 0. The fraction of sp³-hybridized carbons (Fsp3) is 0.600. The van der Waals surface area contributed by atoms with Gasteiger partial charge in [0.15, 0.2) is 0 Å². The van der Waals surface area contributed by atoms with E-state index in [1.807, 2.05) is 12.1 Å². The van der Waals surface area contributed by atoms with E-state index in [1.165, 1.54) is 38.0 Å². The number of halogens is 1. The first-order valence-corrected chi connectivity index (χ1v) is 7.35. The summed E-state index contributed by atoms with van der Waals surface area (Å²) in [6, 6.07) is 9.64. The second-order valence-electron chi connectivity index (χ2n) is 5.55. The maximum atomic E-state index is 6.27. The Bertz CT molecular complexity index is 421. The fourth-order valence-corrected chi connectivity index (χ4v) is 3.64. The smallest absolute Gasteiger partial charge is 0.0451 e. The van der Waals surface area contributed by atoms with Gasteiger partial charge in [-0.1, -0.05) is 29.8 Å². The average molecular weight is 265 g/mol. The average Bonchev–Trinajstić information content (AvgIpc) is 2.84. The Morgan fingerprint density at radius 3 is 2.89 bits per heavy atom. The van der Waals surface area contributed by atoms with Gasteiger partial charge in [0, 0.05) is 36.7 Å². The molecule has 2 atom stereocenters. The normalized spacial score (nSPS) is 29.4. The van der Waals surface area contributed by atoms with Crippen LogP contribution in [0.25, 0.3) is 0 Å². The Morgan fingerprint density at radius 2 is 2.06 bits per heavy atom. The molecule has 2 aliphatic heterocycles. The molecule has 18 heavy (non-hydrogen) atoms. The van der Waals surface area contributed by atoms with Crippen LogP contribution in [0.2, 0.25) is 5.02 Å². The zero-order chi connectivity index (χ0) is 12.5. The van der Waals surface area contributed by atoms with Gasteiger partial charge in [0.1, 0.15) is 0 Å². The lowest BCUT2D eigenvalue weighted by Crippen LogP contribution is -2.55. The highest BCUT2D eigenvalue weighted by molar-refractivity contribution is 6.31. The molecule has 1 aromatic rings. The minimum Gasteiger partial charge on any atom is -0.298 e. The van der Waals surface area contributed by atoms with Gasteiger partial charge < -0.3 is 0 Å². The Hall–Kier alpha value is -0.570. The third-order valence-electron chi connectivity index (χ3n) is 4.55. The molecule has 3 heteroatoms. The largest absolute Gasteiger partial charge is 0.298 e. The van der Waals surface area contributed by atoms with Crippen LogP contribution in [-0.4, -0.2) is 41.5 Å². The second kappa shape index (κ2) is 5.20. The monoisotopic (exact) mass is 264 g/mol. The van der Waals surface area contributed by atoms with Crippen LogP contribution >= 0.6 is 11.6 Å². The number of benzene rings is 1. The van der Waals surface area contributed by atoms with E-state index < -0.39 is 0 Å². The summed E-state index contributed by atoms with van der Waals surface area (Å²) in [6.07, 6.45) is 2.73. The molecule has 3 rings (SSSR count). The minimum absolute atomic E-state index is 0.650. The highest BCUT2D eigenvalue weighted by Gasteiger charge is 2.36. The molecular formula is C15H21ClN2. The van der Waals surface area contributed by atoms with Crippen molar-refractivity contribution in [3.63, 3.8) is 0 Å². The van der Waals surface area contributed by atoms with Gasteiger partial charge in [-0.05, 0) is 37.9 Å². The topological polar surface area (TPSA) is 6.48 Å². The standard InChI is InChI=1S/C15H21ClN2/c1-12-15-7-4-8-17(15)9-10-18(12)11-13-5-2-3-6-14(13)16/h2-3,5-6,12,15H,4,7-11H2,1H3/t12-,15+/m1/s1. The second-order valence-corrected chi connectivity index (χ2v) is 5.96. The summed E-state index contributed by atoms with van der Waals surface area (Å²) >= 11 is 6.27. The van der Waals surface area contributed by atoms with Crippen molar-refractivity contribution >= 4 is 11.6 Å². The Balaban J connectivity index is 1.72. The minimum atomic E-state index is 0.650. The molecule has 2 saturated heterocycles. The molecule has 2 fully saturated rings. The third-order valence-corrected chi connectivity index (χ3v) is 4.92. The van der Waals surface area contributed by atoms with Gasteiger partial charge in [-0.3, -0.25) is 9.80 Å². The van der Waals surface area contributed by atoms with Crippen molar-refractivity contribution in [1.29, 1.82) is 0 Å². The highest BCUT2D eigenvalue weighted by atomic mass is 35.5. The van der Waals surface area contributed by atoms with Crippen LogP contribution in [0.1, 0.15) is 25.3 Å². The van der Waals surface area contributed by atoms with Crippen molar-refractivity contribution in [3.05, 3.63) is 34.9 Å². The van der Waals surface area contributed by atoms with Gasteiger partial charge in [0.25, 0.3) is 0 Å².